The lowest BCUT2D eigenvalue weighted by Gasteiger charge is -2.26. The van der Waals surface area contributed by atoms with E-state index < -0.39 is 11.9 Å². The molecule has 0 radical (unpaired) electrons. The van der Waals surface area contributed by atoms with Gasteiger partial charge in [0.1, 0.15) is 0 Å². The molecule has 4 heteroatoms. The molecule has 2 aliphatic rings. The molecule has 17 heavy (non-hydrogen) atoms. The van der Waals surface area contributed by atoms with Crippen molar-refractivity contribution in [1.29, 1.82) is 0 Å². The van der Waals surface area contributed by atoms with Crippen molar-refractivity contribution >= 4 is 11.9 Å². The lowest BCUT2D eigenvalue weighted by molar-refractivity contribution is -0.149. The van der Waals surface area contributed by atoms with Crippen LogP contribution in [-0.2, 0) is 9.59 Å². The Kier molecular flexibility index (Phi) is 3.40. The molecule has 1 unspecified atom stereocenters. The summed E-state index contributed by atoms with van der Waals surface area (Å²) in [5, 5.41) is 9.19. The minimum Gasteiger partial charge on any atom is -0.481 e. The molecule has 0 heterocycles. The molecule has 2 fully saturated rings. The van der Waals surface area contributed by atoms with Gasteiger partial charge < -0.3 is 10.0 Å². The van der Waals surface area contributed by atoms with Gasteiger partial charge >= 0.3 is 5.97 Å². The van der Waals surface area contributed by atoms with E-state index in [0.29, 0.717) is 24.9 Å². The number of carboxylic acids is 1. The molecule has 1 amide bonds. The number of aliphatic carboxylic acids is 1. The number of carbonyl (C=O) groups is 2. The number of carboxylic acid groups (broad SMARTS) is 1. The molecule has 0 aliphatic heterocycles. The van der Waals surface area contributed by atoms with Crippen molar-refractivity contribution in [2.24, 2.45) is 17.8 Å². The second-order valence-electron chi connectivity index (χ2n) is 5.48. The Morgan fingerprint density at radius 2 is 1.82 bits per heavy atom. The predicted octanol–water partition coefficient (Wildman–Crippen LogP) is 1.74. The van der Waals surface area contributed by atoms with Crippen molar-refractivity contribution in [2.45, 2.75) is 45.6 Å². The molecule has 2 saturated carbocycles. The monoisotopic (exact) mass is 239 g/mol. The van der Waals surface area contributed by atoms with E-state index in [1.54, 1.807) is 0 Å². The predicted molar refractivity (Wildman–Crippen MR) is 63.4 cm³/mol. The highest BCUT2D eigenvalue weighted by Crippen LogP contribution is 2.39. The minimum atomic E-state index is -0.806. The Morgan fingerprint density at radius 1 is 1.24 bits per heavy atom. The van der Waals surface area contributed by atoms with Crippen LogP contribution in [0.15, 0.2) is 0 Å². The smallest absolute Gasteiger partial charge is 0.307 e. The van der Waals surface area contributed by atoms with Crippen molar-refractivity contribution in [3.05, 3.63) is 0 Å². The number of carbonyl (C=O) groups excluding carboxylic acids is 1. The standard InChI is InChI=1S/C13H21NO3/c1-3-14(9-4-5-9)12(15)10-6-8(2)7-11(10)13(16)17/h8-11H,3-7H2,1-2H3,(H,16,17)/t8?,10-,11+/m0/s1. The zero-order valence-electron chi connectivity index (χ0n) is 10.6. The summed E-state index contributed by atoms with van der Waals surface area (Å²) >= 11 is 0. The summed E-state index contributed by atoms with van der Waals surface area (Å²) in [5.41, 5.74) is 0. The van der Waals surface area contributed by atoms with E-state index in [0.717, 1.165) is 19.3 Å². The maximum atomic E-state index is 12.4. The average Bonchev–Trinajstić information content (AvgIpc) is 3.01. The van der Waals surface area contributed by atoms with Gasteiger partial charge in [-0.2, -0.15) is 0 Å². The molecule has 1 N–H and O–H groups in total. The van der Waals surface area contributed by atoms with Crippen LogP contribution in [-0.4, -0.2) is 34.5 Å². The van der Waals surface area contributed by atoms with Gasteiger partial charge in [-0.25, -0.2) is 0 Å². The number of hydrogen-bond acceptors (Lipinski definition) is 2. The fourth-order valence-electron chi connectivity index (χ4n) is 3.03. The van der Waals surface area contributed by atoms with Crippen molar-refractivity contribution < 1.29 is 14.7 Å². The lowest BCUT2D eigenvalue weighted by Crippen LogP contribution is -2.40. The summed E-state index contributed by atoms with van der Waals surface area (Å²) in [6, 6.07) is 0.387. The second-order valence-corrected chi connectivity index (χ2v) is 5.48. The van der Waals surface area contributed by atoms with Crippen molar-refractivity contribution in [2.75, 3.05) is 6.54 Å². The number of hydrogen-bond donors (Lipinski definition) is 1. The molecular formula is C13H21NO3. The fourth-order valence-corrected chi connectivity index (χ4v) is 3.03. The Morgan fingerprint density at radius 3 is 2.29 bits per heavy atom. The highest BCUT2D eigenvalue weighted by molar-refractivity contribution is 5.85. The van der Waals surface area contributed by atoms with Gasteiger partial charge in [-0.3, -0.25) is 9.59 Å². The van der Waals surface area contributed by atoms with Gasteiger partial charge in [0.25, 0.3) is 0 Å². The van der Waals surface area contributed by atoms with E-state index in [2.05, 4.69) is 0 Å². The third-order valence-electron chi connectivity index (χ3n) is 4.04. The van der Waals surface area contributed by atoms with Crippen LogP contribution >= 0.6 is 0 Å². The summed E-state index contributed by atoms with van der Waals surface area (Å²) in [6.07, 6.45) is 3.55. The Balaban J connectivity index is 2.08. The van der Waals surface area contributed by atoms with E-state index in [9.17, 15) is 14.7 Å². The Labute approximate surface area is 102 Å². The van der Waals surface area contributed by atoms with E-state index in [4.69, 9.17) is 0 Å². The summed E-state index contributed by atoms with van der Waals surface area (Å²) in [5.74, 6) is -1.14. The van der Waals surface area contributed by atoms with Crippen LogP contribution in [0, 0.1) is 17.8 Å². The van der Waals surface area contributed by atoms with Gasteiger partial charge in [-0.15, -0.1) is 0 Å². The first-order valence-corrected chi connectivity index (χ1v) is 6.57. The summed E-state index contributed by atoms with van der Waals surface area (Å²) < 4.78 is 0. The highest BCUT2D eigenvalue weighted by Gasteiger charge is 2.44. The van der Waals surface area contributed by atoms with Crippen LogP contribution < -0.4 is 0 Å². The summed E-state index contributed by atoms with van der Waals surface area (Å²) in [6.45, 7) is 4.72. The van der Waals surface area contributed by atoms with E-state index in [1.807, 2.05) is 18.7 Å². The molecule has 0 spiro atoms. The third kappa shape index (κ3) is 2.45. The van der Waals surface area contributed by atoms with E-state index in [1.165, 1.54) is 0 Å². The maximum Gasteiger partial charge on any atom is 0.307 e. The zero-order valence-corrected chi connectivity index (χ0v) is 10.6. The van der Waals surface area contributed by atoms with Crippen molar-refractivity contribution in [1.82, 2.24) is 4.90 Å². The van der Waals surface area contributed by atoms with Gasteiger partial charge in [0.15, 0.2) is 0 Å². The maximum absolute atomic E-state index is 12.4. The number of rotatable bonds is 4. The van der Waals surface area contributed by atoms with E-state index >= 15 is 0 Å². The van der Waals surface area contributed by atoms with Crippen LogP contribution in [0.3, 0.4) is 0 Å². The fraction of sp³-hybridized carbons (Fsp3) is 0.846. The lowest BCUT2D eigenvalue weighted by atomic mass is 9.94. The molecule has 0 saturated heterocycles. The first-order valence-electron chi connectivity index (χ1n) is 6.57. The van der Waals surface area contributed by atoms with Crippen LogP contribution in [0.5, 0.6) is 0 Å². The van der Waals surface area contributed by atoms with Gasteiger partial charge in [0, 0.05) is 12.6 Å². The average molecular weight is 239 g/mol. The van der Waals surface area contributed by atoms with Crippen molar-refractivity contribution in [3.8, 4) is 0 Å². The Hall–Kier alpha value is -1.06. The van der Waals surface area contributed by atoms with Crippen LogP contribution in [0.25, 0.3) is 0 Å². The van der Waals surface area contributed by atoms with Gasteiger partial charge in [0.2, 0.25) is 5.91 Å². The quantitative estimate of drug-likeness (QED) is 0.813. The highest BCUT2D eigenvalue weighted by atomic mass is 16.4. The normalized spacial score (nSPS) is 32.5. The molecule has 2 aliphatic carbocycles. The molecule has 0 aromatic heterocycles. The molecule has 2 rings (SSSR count). The molecular weight excluding hydrogens is 218 g/mol. The van der Waals surface area contributed by atoms with E-state index in [-0.39, 0.29) is 11.8 Å². The topological polar surface area (TPSA) is 57.6 Å². The van der Waals surface area contributed by atoms with Gasteiger partial charge in [-0.1, -0.05) is 6.92 Å². The molecule has 3 atom stereocenters. The third-order valence-corrected chi connectivity index (χ3v) is 4.04. The van der Waals surface area contributed by atoms with Crippen molar-refractivity contribution in [3.63, 3.8) is 0 Å². The number of nitrogens with zero attached hydrogens (tertiary/aromatic N) is 1. The molecule has 0 aromatic rings. The minimum absolute atomic E-state index is 0.0757. The molecule has 96 valence electrons. The SMILES string of the molecule is CCN(C(=O)[C@H]1CC(C)C[C@H]1C(=O)O)C1CC1. The number of amides is 1. The van der Waals surface area contributed by atoms with Crippen LogP contribution in [0.2, 0.25) is 0 Å². The van der Waals surface area contributed by atoms with Crippen LogP contribution in [0.1, 0.15) is 39.5 Å². The zero-order chi connectivity index (χ0) is 12.6. The second kappa shape index (κ2) is 4.67. The Bertz CT molecular complexity index is 325. The molecule has 4 nitrogen and oxygen atoms in total. The van der Waals surface area contributed by atoms with Gasteiger partial charge in [0.05, 0.1) is 11.8 Å². The first kappa shape index (κ1) is 12.4. The van der Waals surface area contributed by atoms with Crippen LogP contribution in [0.4, 0.5) is 0 Å². The van der Waals surface area contributed by atoms with Gasteiger partial charge in [-0.05, 0) is 38.5 Å². The largest absolute Gasteiger partial charge is 0.481 e. The first-order chi connectivity index (χ1) is 8.04. The summed E-state index contributed by atoms with van der Waals surface area (Å²) in [7, 11) is 0. The molecule has 0 aromatic carbocycles. The summed E-state index contributed by atoms with van der Waals surface area (Å²) in [4.78, 5) is 25.5. The molecule has 0 bridgehead atoms.